The molecule has 0 aliphatic carbocycles. The van der Waals surface area contributed by atoms with Crippen LogP contribution >= 0.6 is 0 Å². The fraction of sp³-hybridized carbons (Fsp3) is 0.217. The van der Waals surface area contributed by atoms with Crippen LogP contribution in [0.15, 0.2) is 42.5 Å². The molecule has 5 nitrogen and oxygen atoms in total. The third kappa shape index (κ3) is 5.54. The molecule has 0 amide bonds. The van der Waals surface area contributed by atoms with Crippen LogP contribution in [0.2, 0.25) is 0 Å². The first-order valence-electron chi connectivity index (χ1n) is 8.97. The van der Waals surface area contributed by atoms with E-state index in [2.05, 4.69) is 6.58 Å². The number of esters is 1. The fourth-order valence-corrected chi connectivity index (χ4v) is 2.85. The Morgan fingerprint density at radius 3 is 2.38 bits per heavy atom. The highest BCUT2D eigenvalue weighted by molar-refractivity contribution is 5.98. The van der Waals surface area contributed by atoms with E-state index in [1.807, 2.05) is 6.92 Å². The lowest BCUT2D eigenvalue weighted by atomic mass is 9.96. The zero-order chi connectivity index (χ0) is 21.6. The van der Waals surface area contributed by atoms with Crippen LogP contribution in [0.5, 0.6) is 11.5 Å². The zero-order valence-corrected chi connectivity index (χ0v) is 16.6. The van der Waals surface area contributed by atoms with Gasteiger partial charge >= 0.3 is 11.9 Å². The zero-order valence-electron chi connectivity index (χ0n) is 16.6. The Bertz CT molecular complexity index is 975. The number of rotatable bonds is 8. The number of carboxylic acid groups (broad SMARTS) is 1. The number of allylic oxidation sites excluding steroid dienone is 1. The van der Waals surface area contributed by atoms with Gasteiger partial charge in [0.2, 0.25) is 0 Å². The summed E-state index contributed by atoms with van der Waals surface area (Å²) in [5.74, 6) is -2.06. The van der Waals surface area contributed by atoms with Gasteiger partial charge in [-0.15, -0.1) is 6.58 Å². The number of hydrogen-bond acceptors (Lipinski definition) is 4. The molecule has 1 N–H and O–H groups in total. The van der Waals surface area contributed by atoms with E-state index >= 15 is 0 Å². The molecule has 0 saturated carbocycles. The van der Waals surface area contributed by atoms with Crippen LogP contribution in [0.1, 0.15) is 47.3 Å². The Labute approximate surface area is 169 Å². The van der Waals surface area contributed by atoms with E-state index in [-0.39, 0.29) is 16.9 Å². The minimum atomic E-state index is -1.27. The molecule has 2 rings (SSSR count). The largest absolute Gasteiger partial charge is 0.496 e. The quantitative estimate of drug-likeness (QED) is 0.289. The van der Waals surface area contributed by atoms with Gasteiger partial charge in [0.25, 0.3) is 0 Å². The Hall–Kier alpha value is -3.41. The lowest BCUT2D eigenvalue weighted by Crippen LogP contribution is -2.13. The summed E-state index contributed by atoms with van der Waals surface area (Å²) in [6, 6.07) is 7.66. The summed E-state index contributed by atoms with van der Waals surface area (Å²) < 4.78 is 24.6. The van der Waals surface area contributed by atoms with Gasteiger partial charge in [-0.25, -0.2) is 9.18 Å². The summed E-state index contributed by atoms with van der Waals surface area (Å²) in [6.45, 7) is 6.90. The maximum atomic E-state index is 13.9. The van der Waals surface area contributed by atoms with Crippen molar-refractivity contribution in [2.75, 3.05) is 7.11 Å². The summed E-state index contributed by atoms with van der Waals surface area (Å²) in [5, 5.41) is 9.82. The first-order valence-corrected chi connectivity index (χ1v) is 8.97. The molecule has 0 saturated heterocycles. The summed E-state index contributed by atoms with van der Waals surface area (Å²) in [7, 11) is 1.45. The van der Waals surface area contributed by atoms with Crippen molar-refractivity contribution in [1.82, 2.24) is 0 Å². The second-order valence-electron chi connectivity index (χ2n) is 6.56. The van der Waals surface area contributed by atoms with Gasteiger partial charge in [-0.1, -0.05) is 35.9 Å². The molecule has 0 aliphatic heterocycles. The minimum Gasteiger partial charge on any atom is -0.496 e. The monoisotopic (exact) mass is 398 g/mol. The highest BCUT2D eigenvalue weighted by atomic mass is 19.1. The van der Waals surface area contributed by atoms with Crippen molar-refractivity contribution < 1.29 is 28.6 Å². The number of carboxylic acids is 1. The van der Waals surface area contributed by atoms with Gasteiger partial charge in [0.05, 0.1) is 7.11 Å². The van der Waals surface area contributed by atoms with E-state index in [0.29, 0.717) is 29.7 Å². The third-order valence-corrected chi connectivity index (χ3v) is 4.20. The second-order valence-corrected chi connectivity index (χ2v) is 6.56. The molecule has 2 aromatic rings. The predicted molar refractivity (Wildman–Crippen MR) is 110 cm³/mol. The topological polar surface area (TPSA) is 72.8 Å². The SMILES string of the molecule is C=C(C)CCc1c(OC)cc(/C=C/c2ccccc2F)c(C(=O)O)c1OC(C)=O. The smallest absolute Gasteiger partial charge is 0.340 e. The maximum absolute atomic E-state index is 13.9. The van der Waals surface area contributed by atoms with Crippen LogP contribution in [-0.2, 0) is 11.2 Å². The minimum absolute atomic E-state index is 0.0706. The molecule has 6 heteroatoms. The molecule has 0 radical (unpaired) electrons. The molecule has 0 aliphatic rings. The molecule has 0 unspecified atom stereocenters. The van der Waals surface area contributed by atoms with E-state index in [1.54, 1.807) is 24.3 Å². The molecule has 0 bridgehead atoms. The van der Waals surface area contributed by atoms with Crippen LogP contribution in [0, 0.1) is 5.82 Å². The first-order chi connectivity index (χ1) is 13.7. The molecule has 0 atom stereocenters. The first kappa shape index (κ1) is 21.9. The van der Waals surface area contributed by atoms with Crippen molar-refractivity contribution >= 4 is 24.1 Å². The molecule has 0 fully saturated rings. The normalized spacial score (nSPS) is 10.8. The number of carbonyl (C=O) groups excluding carboxylic acids is 1. The molecule has 152 valence electrons. The van der Waals surface area contributed by atoms with E-state index in [0.717, 1.165) is 5.57 Å². The lowest BCUT2D eigenvalue weighted by Gasteiger charge is -2.18. The maximum Gasteiger partial charge on any atom is 0.340 e. The number of methoxy groups -OCH3 is 1. The summed E-state index contributed by atoms with van der Waals surface area (Å²) in [6.07, 6.45) is 3.87. The Morgan fingerprint density at radius 2 is 1.83 bits per heavy atom. The number of ether oxygens (including phenoxy) is 2. The van der Waals surface area contributed by atoms with Crippen LogP contribution in [0.4, 0.5) is 4.39 Å². The van der Waals surface area contributed by atoms with Crippen molar-refractivity contribution in [3.05, 3.63) is 70.6 Å². The molecule has 0 aromatic heterocycles. The molecular weight excluding hydrogens is 375 g/mol. The predicted octanol–water partition coefficient (Wildman–Crippen LogP) is 5.14. The summed E-state index contributed by atoms with van der Waals surface area (Å²) in [5.41, 5.74) is 1.69. The van der Waals surface area contributed by atoms with Gasteiger partial charge in [-0.2, -0.15) is 0 Å². The van der Waals surface area contributed by atoms with Gasteiger partial charge in [-0.05, 0) is 37.5 Å². The second kappa shape index (κ2) is 9.68. The van der Waals surface area contributed by atoms with Crippen molar-refractivity contribution in [3.63, 3.8) is 0 Å². The summed E-state index contributed by atoms with van der Waals surface area (Å²) >= 11 is 0. The van der Waals surface area contributed by atoms with Gasteiger partial charge in [-0.3, -0.25) is 4.79 Å². The van der Waals surface area contributed by atoms with Crippen LogP contribution < -0.4 is 9.47 Å². The third-order valence-electron chi connectivity index (χ3n) is 4.20. The highest BCUT2D eigenvalue weighted by Crippen LogP contribution is 2.38. The van der Waals surface area contributed by atoms with Gasteiger partial charge < -0.3 is 14.6 Å². The van der Waals surface area contributed by atoms with Crippen LogP contribution in [0.3, 0.4) is 0 Å². The lowest BCUT2D eigenvalue weighted by molar-refractivity contribution is -0.131. The molecule has 0 spiro atoms. The van der Waals surface area contributed by atoms with Crippen molar-refractivity contribution in [3.8, 4) is 11.5 Å². The molecule has 0 heterocycles. The summed E-state index contributed by atoms with van der Waals surface area (Å²) in [4.78, 5) is 23.7. The standard InChI is InChI=1S/C23H23FO5/c1-14(2)9-12-18-20(28-4)13-17(11-10-16-7-5-6-8-19(16)24)21(23(26)27)22(18)29-15(3)25/h5-8,10-11,13H,1,9,12H2,2-4H3,(H,26,27)/b11-10+. The Balaban J connectivity index is 2.69. The average Bonchev–Trinajstić information content (AvgIpc) is 2.65. The number of benzene rings is 2. The Morgan fingerprint density at radius 1 is 1.17 bits per heavy atom. The molecule has 29 heavy (non-hydrogen) atoms. The van der Waals surface area contributed by atoms with Crippen LogP contribution in [0.25, 0.3) is 12.2 Å². The van der Waals surface area contributed by atoms with E-state index in [1.165, 1.54) is 32.3 Å². The Kier molecular flexibility index (Phi) is 7.31. The van der Waals surface area contributed by atoms with Gasteiger partial charge in [0, 0.05) is 18.1 Å². The van der Waals surface area contributed by atoms with E-state index < -0.39 is 17.8 Å². The number of aromatic carboxylic acids is 1. The fourth-order valence-electron chi connectivity index (χ4n) is 2.85. The van der Waals surface area contributed by atoms with E-state index in [9.17, 15) is 19.1 Å². The number of carbonyl (C=O) groups is 2. The molecule has 2 aromatic carbocycles. The van der Waals surface area contributed by atoms with Crippen molar-refractivity contribution in [1.29, 1.82) is 0 Å². The van der Waals surface area contributed by atoms with Crippen LogP contribution in [-0.4, -0.2) is 24.2 Å². The van der Waals surface area contributed by atoms with Crippen molar-refractivity contribution in [2.45, 2.75) is 26.7 Å². The van der Waals surface area contributed by atoms with Gasteiger partial charge in [0.15, 0.2) is 5.75 Å². The van der Waals surface area contributed by atoms with E-state index in [4.69, 9.17) is 9.47 Å². The average molecular weight is 398 g/mol. The van der Waals surface area contributed by atoms with Crippen molar-refractivity contribution in [2.24, 2.45) is 0 Å². The molecular formula is C23H23FO5. The van der Waals surface area contributed by atoms with Gasteiger partial charge in [0.1, 0.15) is 17.1 Å². The number of halogens is 1. The number of hydrogen-bond donors (Lipinski definition) is 1. The highest BCUT2D eigenvalue weighted by Gasteiger charge is 2.25.